The van der Waals surface area contributed by atoms with Crippen LogP contribution in [0.4, 0.5) is 0 Å². The average molecular weight is 702 g/mol. The summed E-state index contributed by atoms with van der Waals surface area (Å²) >= 11 is 0. The van der Waals surface area contributed by atoms with E-state index < -0.39 is 20.0 Å². The standard InChI is InChI=1S/C29H27N13O5S2/c30-48(43,44)28-24(26-35-39-40-36-26)21(9-11-32-28)18-3-1-16(2-4-18)15-47-23-13-20(14-34-23)17-5-7-19(8-6-17)22-10-12-33-29(49(31,45)46)25(22)27-37-41-42-38-27/h1-12,20,23,34H,13-15H2,(H2,30,43,44)(H2,31,45,46)(H,35,36,39,40)(H,37,38,41,42). The Morgan fingerprint density at radius 1 is 0.714 bits per heavy atom. The van der Waals surface area contributed by atoms with Gasteiger partial charge in [0, 0.05) is 24.9 Å². The molecule has 0 amide bonds. The smallest absolute Gasteiger partial charge is 0.256 e. The SMILES string of the molecule is NS(=O)(=O)c1nccc(-c2ccc(COC3CC(c4ccc(-c5ccnc(S(N)(=O)=O)c5-c5nnn[nH]5)cc4)CN3)cc2)c1-c1nnn[nH]1. The van der Waals surface area contributed by atoms with Crippen LogP contribution in [0.1, 0.15) is 23.5 Å². The normalized spacial score (nSPS) is 16.6. The van der Waals surface area contributed by atoms with E-state index in [0.717, 1.165) is 23.1 Å². The highest BCUT2D eigenvalue weighted by molar-refractivity contribution is 7.89. The summed E-state index contributed by atoms with van der Waals surface area (Å²) in [5, 5.41) is 40.8. The number of aromatic nitrogens is 10. The first kappa shape index (κ1) is 32.2. The van der Waals surface area contributed by atoms with E-state index in [1.165, 1.54) is 12.4 Å². The van der Waals surface area contributed by atoms with Crippen LogP contribution in [0.5, 0.6) is 0 Å². The Morgan fingerprint density at radius 3 is 1.69 bits per heavy atom. The molecule has 49 heavy (non-hydrogen) atoms. The van der Waals surface area contributed by atoms with Crippen LogP contribution in [0.3, 0.4) is 0 Å². The van der Waals surface area contributed by atoms with Crippen molar-refractivity contribution in [3.63, 3.8) is 0 Å². The molecule has 5 heterocycles. The van der Waals surface area contributed by atoms with Crippen LogP contribution in [-0.2, 0) is 31.4 Å². The first-order valence-corrected chi connectivity index (χ1v) is 17.7. The zero-order chi connectivity index (χ0) is 34.2. The zero-order valence-corrected chi connectivity index (χ0v) is 26.9. The first-order valence-electron chi connectivity index (χ1n) is 14.6. The monoisotopic (exact) mass is 701 g/mol. The average Bonchev–Trinajstić information content (AvgIpc) is 3.90. The lowest BCUT2D eigenvalue weighted by molar-refractivity contribution is 0.0303. The second-order valence-corrected chi connectivity index (χ2v) is 14.1. The summed E-state index contributed by atoms with van der Waals surface area (Å²) in [6, 6.07) is 18.6. The van der Waals surface area contributed by atoms with Crippen molar-refractivity contribution in [2.75, 3.05) is 6.54 Å². The molecule has 1 fully saturated rings. The topological polar surface area (TPSA) is 276 Å². The van der Waals surface area contributed by atoms with Crippen LogP contribution in [0.2, 0.25) is 0 Å². The predicted molar refractivity (Wildman–Crippen MR) is 172 cm³/mol. The van der Waals surface area contributed by atoms with Crippen molar-refractivity contribution in [2.24, 2.45) is 10.3 Å². The van der Waals surface area contributed by atoms with Crippen LogP contribution >= 0.6 is 0 Å². The number of hydrogen-bond acceptors (Lipinski definition) is 14. The molecule has 1 aliphatic heterocycles. The van der Waals surface area contributed by atoms with Gasteiger partial charge in [0.25, 0.3) is 20.0 Å². The lowest BCUT2D eigenvalue weighted by Gasteiger charge is -2.14. The van der Waals surface area contributed by atoms with Crippen molar-refractivity contribution in [1.82, 2.24) is 56.5 Å². The molecule has 2 unspecified atom stereocenters. The molecule has 2 atom stereocenters. The van der Waals surface area contributed by atoms with Crippen molar-refractivity contribution in [3.8, 4) is 45.0 Å². The molecule has 250 valence electrons. The van der Waals surface area contributed by atoms with Gasteiger partial charge >= 0.3 is 0 Å². The molecule has 7 rings (SSSR count). The summed E-state index contributed by atoms with van der Waals surface area (Å²) < 4.78 is 55.3. The number of sulfonamides is 2. The van der Waals surface area contributed by atoms with E-state index >= 15 is 0 Å². The fourth-order valence-electron chi connectivity index (χ4n) is 5.78. The number of nitrogens with one attached hydrogen (secondary N) is 3. The van der Waals surface area contributed by atoms with E-state index in [9.17, 15) is 16.8 Å². The molecule has 0 spiro atoms. The molecule has 0 radical (unpaired) electrons. The molecule has 1 saturated heterocycles. The van der Waals surface area contributed by atoms with Gasteiger partial charge in [-0.3, -0.25) is 5.32 Å². The van der Waals surface area contributed by atoms with Crippen LogP contribution in [0, 0.1) is 0 Å². The first-order chi connectivity index (χ1) is 23.6. The number of nitrogens with zero attached hydrogens (tertiary/aromatic N) is 8. The maximum absolute atomic E-state index is 12.3. The second kappa shape index (κ2) is 12.9. The Balaban J connectivity index is 1.03. The summed E-state index contributed by atoms with van der Waals surface area (Å²) in [6.45, 7) is 1.05. The third kappa shape index (κ3) is 6.68. The van der Waals surface area contributed by atoms with Crippen LogP contribution in [0.25, 0.3) is 45.0 Å². The van der Waals surface area contributed by atoms with Gasteiger partial charge in [-0.2, -0.15) is 0 Å². The quantitative estimate of drug-likeness (QED) is 0.134. The van der Waals surface area contributed by atoms with Gasteiger partial charge in [-0.1, -0.05) is 48.5 Å². The number of pyridine rings is 2. The molecule has 1 aliphatic rings. The highest BCUT2D eigenvalue weighted by Crippen LogP contribution is 2.36. The number of tetrazole rings is 2. The molecular formula is C29H27N13O5S2. The van der Waals surface area contributed by atoms with Gasteiger partial charge in [0.05, 0.1) is 17.7 Å². The predicted octanol–water partition coefficient (Wildman–Crippen LogP) is 1.09. The van der Waals surface area contributed by atoms with Crippen LogP contribution in [0.15, 0.2) is 83.1 Å². The number of rotatable bonds is 10. The van der Waals surface area contributed by atoms with Gasteiger partial charge < -0.3 is 4.74 Å². The van der Waals surface area contributed by atoms with Crippen LogP contribution in [-0.4, -0.2) is 80.8 Å². The second-order valence-electron chi connectivity index (χ2n) is 11.1. The van der Waals surface area contributed by atoms with Gasteiger partial charge in [-0.15, -0.1) is 10.2 Å². The maximum Gasteiger partial charge on any atom is 0.256 e. The van der Waals surface area contributed by atoms with E-state index in [4.69, 9.17) is 15.0 Å². The minimum Gasteiger partial charge on any atom is -0.359 e. The number of primary sulfonamides is 2. The third-order valence-electron chi connectivity index (χ3n) is 8.04. The van der Waals surface area contributed by atoms with Gasteiger partial charge in [-0.05, 0) is 72.8 Å². The molecule has 20 heteroatoms. The molecule has 0 bridgehead atoms. The fourth-order valence-corrected chi connectivity index (χ4v) is 7.18. The molecule has 2 aromatic carbocycles. The van der Waals surface area contributed by atoms with E-state index in [2.05, 4.69) is 56.5 Å². The lowest BCUT2D eigenvalue weighted by Crippen LogP contribution is -2.24. The van der Waals surface area contributed by atoms with E-state index in [1.807, 2.05) is 48.5 Å². The van der Waals surface area contributed by atoms with E-state index in [-0.39, 0.29) is 45.0 Å². The van der Waals surface area contributed by atoms with E-state index in [0.29, 0.717) is 29.8 Å². The van der Waals surface area contributed by atoms with Crippen molar-refractivity contribution >= 4 is 20.0 Å². The molecule has 18 nitrogen and oxygen atoms in total. The van der Waals surface area contributed by atoms with E-state index in [1.54, 1.807) is 12.1 Å². The summed E-state index contributed by atoms with van der Waals surface area (Å²) in [4.78, 5) is 7.94. The number of hydrogen-bond donors (Lipinski definition) is 5. The van der Waals surface area contributed by atoms with Gasteiger partial charge in [0.1, 0.15) is 6.23 Å². The summed E-state index contributed by atoms with van der Waals surface area (Å²) in [5.74, 6) is 0.437. The summed E-state index contributed by atoms with van der Waals surface area (Å²) in [7, 11) is -8.32. The molecule has 0 saturated carbocycles. The Morgan fingerprint density at radius 2 is 1.22 bits per heavy atom. The molecule has 7 N–H and O–H groups in total. The summed E-state index contributed by atoms with van der Waals surface area (Å²) in [5.41, 5.74) is 4.91. The minimum atomic E-state index is -4.16. The van der Waals surface area contributed by atoms with Crippen molar-refractivity contribution in [3.05, 3.63) is 84.2 Å². The zero-order valence-electron chi connectivity index (χ0n) is 25.3. The fraction of sp³-hybridized carbons (Fsp3) is 0.172. The van der Waals surface area contributed by atoms with Crippen LogP contribution < -0.4 is 15.6 Å². The highest BCUT2D eigenvalue weighted by Gasteiger charge is 2.28. The van der Waals surface area contributed by atoms with Crippen molar-refractivity contribution in [1.29, 1.82) is 0 Å². The molecular weight excluding hydrogens is 675 g/mol. The number of aromatic amines is 2. The molecule has 6 aromatic rings. The molecule has 0 aliphatic carbocycles. The number of nitrogens with two attached hydrogens (primary N) is 2. The third-order valence-corrected chi connectivity index (χ3v) is 9.73. The Labute approximate surface area is 278 Å². The van der Waals surface area contributed by atoms with Gasteiger partial charge in [0.2, 0.25) is 0 Å². The van der Waals surface area contributed by atoms with Crippen molar-refractivity contribution in [2.45, 2.75) is 35.2 Å². The Bertz CT molecular complexity index is 2320. The Hall–Kier alpha value is -5.38. The number of H-pyrrole nitrogens is 2. The lowest BCUT2D eigenvalue weighted by atomic mass is 9.94. The van der Waals surface area contributed by atoms with Crippen molar-refractivity contribution < 1.29 is 21.6 Å². The minimum absolute atomic E-state index is 0.123. The number of ether oxygens (including phenoxy) is 1. The number of benzene rings is 2. The largest absolute Gasteiger partial charge is 0.359 e. The summed E-state index contributed by atoms with van der Waals surface area (Å²) in [6.07, 6.45) is 3.30. The maximum atomic E-state index is 12.3. The molecule has 4 aromatic heterocycles. The van der Waals surface area contributed by atoms with Gasteiger partial charge in [-0.25, -0.2) is 47.3 Å². The highest BCUT2D eigenvalue weighted by atomic mass is 32.2. The Kier molecular flexibility index (Phi) is 8.48. The van der Waals surface area contributed by atoms with Gasteiger partial charge in [0.15, 0.2) is 21.7 Å².